The Balaban J connectivity index is 2.06. The lowest BCUT2D eigenvalue weighted by Crippen LogP contribution is -2.18. The molecule has 2 rings (SSSR count). The highest BCUT2D eigenvalue weighted by Gasteiger charge is 2.14. The van der Waals surface area contributed by atoms with E-state index in [9.17, 15) is 0 Å². The largest absolute Gasteiger partial charge is 0.497 e. The van der Waals surface area contributed by atoms with Crippen molar-refractivity contribution < 1.29 is 4.74 Å². The molecule has 2 nitrogen and oxygen atoms in total. The van der Waals surface area contributed by atoms with Crippen molar-refractivity contribution in [2.24, 2.45) is 0 Å². The zero-order chi connectivity index (χ0) is 15.4. The SMILES string of the molecule is COc1ccc(CNC(C)c2c(Cl)cc(Cl)cc2Cl)cc1. The van der Waals surface area contributed by atoms with E-state index in [0.29, 0.717) is 21.6 Å². The van der Waals surface area contributed by atoms with Crippen molar-refractivity contribution in [2.75, 3.05) is 7.11 Å². The van der Waals surface area contributed by atoms with Crippen LogP contribution < -0.4 is 10.1 Å². The Hall–Kier alpha value is -0.930. The Morgan fingerprint density at radius 3 is 2.14 bits per heavy atom. The monoisotopic (exact) mass is 343 g/mol. The molecule has 1 N–H and O–H groups in total. The zero-order valence-electron chi connectivity index (χ0n) is 11.8. The fraction of sp³-hybridized carbons (Fsp3) is 0.250. The summed E-state index contributed by atoms with van der Waals surface area (Å²) in [7, 11) is 1.65. The van der Waals surface area contributed by atoms with Gasteiger partial charge >= 0.3 is 0 Å². The van der Waals surface area contributed by atoms with E-state index in [1.807, 2.05) is 31.2 Å². The number of hydrogen-bond acceptors (Lipinski definition) is 2. The van der Waals surface area contributed by atoms with Gasteiger partial charge in [0.1, 0.15) is 5.75 Å². The van der Waals surface area contributed by atoms with E-state index in [1.54, 1.807) is 19.2 Å². The van der Waals surface area contributed by atoms with Gasteiger partial charge in [-0.2, -0.15) is 0 Å². The molecule has 0 aliphatic carbocycles. The van der Waals surface area contributed by atoms with Crippen LogP contribution in [-0.4, -0.2) is 7.11 Å². The van der Waals surface area contributed by atoms with Gasteiger partial charge < -0.3 is 10.1 Å². The van der Waals surface area contributed by atoms with Gasteiger partial charge in [0.15, 0.2) is 0 Å². The minimum Gasteiger partial charge on any atom is -0.497 e. The number of hydrogen-bond donors (Lipinski definition) is 1. The molecular weight excluding hydrogens is 329 g/mol. The summed E-state index contributed by atoms with van der Waals surface area (Å²) in [5.41, 5.74) is 2.01. The van der Waals surface area contributed by atoms with Crippen molar-refractivity contribution in [2.45, 2.75) is 19.5 Å². The van der Waals surface area contributed by atoms with Gasteiger partial charge in [-0.05, 0) is 36.8 Å². The van der Waals surface area contributed by atoms with Crippen molar-refractivity contribution in [3.05, 3.63) is 62.6 Å². The summed E-state index contributed by atoms with van der Waals surface area (Å²) in [4.78, 5) is 0. The summed E-state index contributed by atoms with van der Waals surface area (Å²) in [6.45, 7) is 2.73. The van der Waals surface area contributed by atoms with Gasteiger partial charge in [0, 0.05) is 33.2 Å². The minimum atomic E-state index is 0.0179. The Morgan fingerprint density at radius 1 is 1.05 bits per heavy atom. The first kappa shape index (κ1) is 16.4. The number of nitrogens with one attached hydrogen (secondary N) is 1. The number of methoxy groups -OCH3 is 1. The second kappa shape index (κ2) is 7.37. The first-order chi connectivity index (χ1) is 10.0. The van der Waals surface area contributed by atoms with Crippen LogP contribution >= 0.6 is 34.8 Å². The van der Waals surface area contributed by atoms with Gasteiger partial charge in [-0.15, -0.1) is 0 Å². The van der Waals surface area contributed by atoms with E-state index in [2.05, 4.69) is 5.32 Å². The molecule has 0 bridgehead atoms. The third-order valence-electron chi connectivity index (χ3n) is 3.25. The summed E-state index contributed by atoms with van der Waals surface area (Å²) in [5, 5.41) is 5.08. The van der Waals surface area contributed by atoms with Crippen LogP contribution in [-0.2, 0) is 6.54 Å². The predicted molar refractivity (Wildman–Crippen MR) is 89.7 cm³/mol. The van der Waals surface area contributed by atoms with Crippen molar-refractivity contribution >= 4 is 34.8 Å². The van der Waals surface area contributed by atoms with Gasteiger partial charge in [-0.1, -0.05) is 46.9 Å². The smallest absolute Gasteiger partial charge is 0.118 e. The van der Waals surface area contributed by atoms with E-state index in [0.717, 1.165) is 16.9 Å². The van der Waals surface area contributed by atoms with E-state index in [1.165, 1.54) is 0 Å². The van der Waals surface area contributed by atoms with Crippen molar-refractivity contribution in [3.63, 3.8) is 0 Å². The molecule has 0 radical (unpaired) electrons. The van der Waals surface area contributed by atoms with Crippen LogP contribution in [0.25, 0.3) is 0 Å². The van der Waals surface area contributed by atoms with E-state index in [4.69, 9.17) is 39.5 Å². The molecule has 2 aromatic rings. The minimum absolute atomic E-state index is 0.0179. The fourth-order valence-electron chi connectivity index (χ4n) is 2.08. The molecule has 2 aromatic carbocycles. The molecule has 112 valence electrons. The lowest BCUT2D eigenvalue weighted by molar-refractivity contribution is 0.414. The van der Waals surface area contributed by atoms with Gasteiger partial charge in [-0.3, -0.25) is 0 Å². The van der Waals surface area contributed by atoms with Gasteiger partial charge in [0.05, 0.1) is 7.11 Å². The van der Waals surface area contributed by atoms with Crippen molar-refractivity contribution in [1.82, 2.24) is 5.32 Å². The third kappa shape index (κ3) is 4.27. The Kier molecular flexibility index (Phi) is 5.77. The average Bonchev–Trinajstić information content (AvgIpc) is 2.44. The van der Waals surface area contributed by atoms with Crippen molar-refractivity contribution in [3.8, 4) is 5.75 Å². The molecule has 0 fully saturated rings. The molecule has 1 unspecified atom stereocenters. The number of ether oxygens (including phenoxy) is 1. The van der Waals surface area contributed by atoms with Crippen LogP contribution in [0.4, 0.5) is 0 Å². The summed E-state index contributed by atoms with van der Waals surface area (Å²) < 4.78 is 5.14. The maximum Gasteiger partial charge on any atom is 0.118 e. The normalized spacial score (nSPS) is 12.2. The first-order valence-electron chi connectivity index (χ1n) is 6.52. The molecule has 0 amide bonds. The summed E-state index contributed by atoms with van der Waals surface area (Å²) in [6.07, 6.45) is 0. The quantitative estimate of drug-likeness (QED) is 0.772. The van der Waals surface area contributed by atoms with Gasteiger partial charge in [0.25, 0.3) is 0 Å². The molecule has 1 atom stereocenters. The molecular formula is C16H16Cl3NO. The second-order valence-corrected chi connectivity index (χ2v) is 5.98. The molecule has 21 heavy (non-hydrogen) atoms. The maximum atomic E-state index is 6.23. The molecule has 0 spiro atoms. The highest BCUT2D eigenvalue weighted by Crippen LogP contribution is 2.33. The molecule has 0 saturated carbocycles. The molecule has 0 saturated heterocycles. The number of rotatable bonds is 5. The molecule has 0 aromatic heterocycles. The standard InChI is InChI=1S/C16H16Cl3NO/c1-10(16-14(18)7-12(17)8-15(16)19)20-9-11-3-5-13(21-2)6-4-11/h3-8,10,20H,9H2,1-2H3. The highest BCUT2D eigenvalue weighted by molar-refractivity contribution is 6.39. The maximum absolute atomic E-state index is 6.23. The number of benzene rings is 2. The van der Waals surface area contributed by atoms with Crippen LogP contribution in [0.5, 0.6) is 5.75 Å². The third-order valence-corrected chi connectivity index (χ3v) is 4.09. The topological polar surface area (TPSA) is 21.3 Å². The Labute approximate surface area is 140 Å². The van der Waals surface area contributed by atoms with Crippen LogP contribution in [0.2, 0.25) is 15.1 Å². The van der Waals surface area contributed by atoms with E-state index < -0.39 is 0 Å². The summed E-state index contributed by atoms with van der Waals surface area (Å²) in [5.74, 6) is 0.843. The predicted octanol–water partition coefficient (Wildman–Crippen LogP) is 5.51. The molecule has 0 heterocycles. The Morgan fingerprint density at radius 2 is 1.62 bits per heavy atom. The van der Waals surface area contributed by atoms with Gasteiger partial charge in [-0.25, -0.2) is 0 Å². The lowest BCUT2D eigenvalue weighted by Gasteiger charge is -2.17. The fourth-order valence-corrected chi connectivity index (χ4v) is 3.23. The molecule has 0 aliphatic rings. The van der Waals surface area contributed by atoms with E-state index >= 15 is 0 Å². The Bertz CT molecular complexity index is 590. The van der Waals surface area contributed by atoms with E-state index in [-0.39, 0.29) is 6.04 Å². The average molecular weight is 345 g/mol. The lowest BCUT2D eigenvalue weighted by atomic mass is 10.1. The molecule has 0 aliphatic heterocycles. The number of halogens is 3. The zero-order valence-corrected chi connectivity index (χ0v) is 14.1. The highest BCUT2D eigenvalue weighted by atomic mass is 35.5. The first-order valence-corrected chi connectivity index (χ1v) is 7.65. The van der Waals surface area contributed by atoms with Gasteiger partial charge in [0.2, 0.25) is 0 Å². The van der Waals surface area contributed by atoms with Crippen LogP contribution in [0.15, 0.2) is 36.4 Å². The summed E-state index contributed by atoms with van der Waals surface area (Å²) in [6, 6.07) is 11.3. The second-order valence-electron chi connectivity index (χ2n) is 4.73. The molecule has 5 heteroatoms. The summed E-state index contributed by atoms with van der Waals surface area (Å²) >= 11 is 18.4. The van der Waals surface area contributed by atoms with Crippen molar-refractivity contribution in [1.29, 1.82) is 0 Å². The van der Waals surface area contributed by atoms with Crippen LogP contribution in [0, 0.1) is 0 Å². The van der Waals surface area contributed by atoms with Crippen LogP contribution in [0.3, 0.4) is 0 Å². The van der Waals surface area contributed by atoms with Crippen LogP contribution in [0.1, 0.15) is 24.1 Å².